The fourth-order valence-electron chi connectivity index (χ4n) is 2.26. The van der Waals surface area contributed by atoms with E-state index in [0.717, 1.165) is 18.7 Å². The van der Waals surface area contributed by atoms with Gasteiger partial charge in [0.1, 0.15) is 0 Å². The molecule has 3 rings (SSSR count). The van der Waals surface area contributed by atoms with Gasteiger partial charge in [-0.05, 0) is 36.2 Å². The molecule has 0 saturated carbocycles. The molecule has 0 atom stereocenters. The lowest BCUT2D eigenvalue weighted by molar-refractivity contribution is 0.720. The molecule has 92 valence electrons. The molecular weight excluding hydrogens is 224 g/mol. The van der Waals surface area contributed by atoms with Crippen LogP contribution >= 0.6 is 0 Å². The van der Waals surface area contributed by atoms with Crippen molar-refractivity contribution in [1.29, 1.82) is 0 Å². The zero-order valence-electron chi connectivity index (χ0n) is 10.4. The number of aromatic nitrogens is 3. The number of nitrogen functional groups attached to an aromatic ring is 1. The van der Waals surface area contributed by atoms with E-state index in [9.17, 15) is 0 Å². The van der Waals surface area contributed by atoms with Crippen molar-refractivity contribution in [2.24, 2.45) is 7.05 Å². The molecule has 18 heavy (non-hydrogen) atoms. The Morgan fingerprint density at radius 1 is 1.28 bits per heavy atom. The minimum atomic E-state index is 0.813. The molecule has 2 aromatic heterocycles. The Morgan fingerprint density at radius 2 is 2.17 bits per heavy atom. The molecule has 0 aliphatic carbocycles. The highest BCUT2D eigenvalue weighted by atomic mass is 15.2. The molecule has 0 amide bonds. The van der Waals surface area contributed by atoms with Crippen LogP contribution in [0.15, 0.2) is 42.9 Å². The van der Waals surface area contributed by atoms with Gasteiger partial charge in [-0.2, -0.15) is 5.10 Å². The van der Waals surface area contributed by atoms with E-state index in [4.69, 9.17) is 5.73 Å². The second kappa shape index (κ2) is 4.22. The van der Waals surface area contributed by atoms with Crippen LogP contribution in [-0.2, 0) is 20.0 Å². The molecule has 0 aliphatic heterocycles. The highest BCUT2D eigenvalue weighted by molar-refractivity contribution is 5.83. The molecule has 0 fully saturated rings. The van der Waals surface area contributed by atoms with Crippen molar-refractivity contribution < 1.29 is 0 Å². The van der Waals surface area contributed by atoms with Crippen LogP contribution in [0.3, 0.4) is 0 Å². The van der Waals surface area contributed by atoms with E-state index in [1.54, 1.807) is 0 Å². The number of anilines is 1. The fourth-order valence-corrected chi connectivity index (χ4v) is 2.26. The number of aryl methyl sites for hydroxylation is 3. The summed E-state index contributed by atoms with van der Waals surface area (Å²) in [6, 6.07) is 8.14. The van der Waals surface area contributed by atoms with Gasteiger partial charge in [0.25, 0.3) is 0 Å². The lowest BCUT2D eigenvalue weighted by atomic mass is 10.2. The first-order chi connectivity index (χ1) is 8.72. The Bertz CT molecular complexity index is 678. The maximum absolute atomic E-state index is 5.78. The van der Waals surface area contributed by atoms with Crippen molar-refractivity contribution in [3.05, 3.63) is 48.4 Å². The quantitative estimate of drug-likeness (QED) is 0.713. The number of fused-ring (bicyclic) bond motifs is 1. The first kappa shape index (κ1) is 10.9. The summed E-state index contributed by atoms with van der Waals surface area (Å²) in [5.41, 5.74) is 9.08. The highest BCUT2D eigenvalue weighted by Crippen LogP contribution is 2.19. The summed E-state index contributed by atoms with van der Waals surface area (Å²) in [6.45, 7) is 0.957. The second-order valence-electron chi connectivity index (χ2n) is 4.60. The Morgan fingerprint density at radius 3 is 2.94 bits per heavy atom. The molecule has 2 N–H and O–H groups in total. The smallest absolute Gasteiger partial charge is 0.0522 e. The Labute approximate surface area is 106 Å². The molecule has 0 radical (unpaired) electrons. The molecule has 0 saturated heterocycles. The van der Waals surface area contributed by atoms with E-state index < -0.39 is 0 Å². The predicted octanol–water partition coefficient (Wildman–Crippen LogP) is 2.20. The van der Waals surface area contributed by atoms with Gasteiger partial charge in [-0.3, -0.25) is 4.68 Å². The number of benzene rings is 1. The molecule has 4 nitrogen and oxygen atoms in total. The summed E-state index contributed by atoms with van der Waals surface area (Å²) in [6.07, 6.45) is 7.08. The van der Waals surface area contributed by atoms with Crippen LogP contribution in [0.2, 0.25) is 0 Å². The van der Waals surface area contributed by atoms with Gasteiger partial charge in [0.2, 0.25) is 0 Å². The summed E-state index contributed by atoms with van der Waals surface area (Å²) in [7, 11) is 1.94. The number of nitrogens with two attached hydrogens (primary N) is 1. The topological polar surface area (TPSA) is 48.8 Å². The third-order valence-electron chi connectivity index (χ3n) is 3.19. The van der Waals surface area contributed by atoms with Crippen molar-refractivity contribution >= 4 is 16.6 Å². The summed E-state index contributed by atoms with van der Waals surface area (Å²) >= 11 is 0. The van der Waals surface area contributed by atoms with Crippen LogP contribution in [-0.4, -0.2) is 14.3 Å². The van der Waals surface area contributed by atoms with Gasteiger partial charge in [-0.15, -0.1) is 0 Å². The normalized spacial score (nSPS) is 11.2. The number of rotatable bonds is 3. The monoisotopic (exact) mass is 240 g/mol. The molecule has 0 aliphatic rings. The lowest BCUT2D eigenvalue weighted by Gasteiger charge is -2.04. The summed E-state index contributed by atoms with van der Waals surface area (Å²) in [5.74, 6) is 0. The molecule has 4 heteroatoms. The van der Waals surface area contributed by atoms with Crippen molar-refractivity contribution in [1.82, 2.24) is 14.3 Å². The van der Waals surface area contributed by atoms with Crippen LogP contribution in [0.25, 0.3) is 10.9 Å². The van der Waals surface area contributed by atoms with E-state index in [-0.39, 0.29) is 0 Å². The third-order valence-corrected chi connectivity index (χ3v) is 3.19. The fraction of sp³-hybridized carbons (Fsp3) is 0.214. The van der Waals surface area contributed by atoms with Crippen LogP contribution in [0, 0.1) is 0 Å². The Balaban J connectivity index is 1.82. The van der Waals surface area contributed by atoms with Gasteiger partial charge >= 0.3 is 0 Å². The summed E-state index contributed by atoms with van der Waals surface area (Å²) in [5, 5.41) is 5.38. The van der Waals surface area contributed by atoms with Gasteiger partial charge in [0, 0.05) is 42.6 Å². The van der Waals surface area contributed by atoms with E-state index in [2.05, 4.69) is 34.2 Å². The van der Waals surface area contributed by atoms with E-state index in [0.29, 0.717) is 0 Å². The van der Waals surface area contributed by atoms with Crippen molar-refractivity contribution in [2.45, 2.75) is 13.0 Å². The van der Waals surface area contributed by atoms with Crippen LogP contribution < -0.4 is 5.73 Å². The summed E-state index contributed by atoms with van der Waals surface area (Å²) in [4.78, 5) is 0. The molecule has 3 aromatic rings. The summed E-state index contributed by atoms with van der Waals surface area (Å²) < 4.78 is 4.09. The van der Waals surface area contributed by atoms with Crippen LogP contribution in [0.1, 0.15) is 5.56 Å². The zero-order valence-corrected chi connectivity index (χ0v) is 10.4. The van der Waals surface area contributed by atoms with Gasteiger partial charge in [-0.1, -0.05) is 0 Å². The first-order valence-corrected chi connectivity index (χ1v) is 6.04. The standard InChI is InChI=1S/C14H16N4/c1-17-10-11(9-16-17)4-6-18-7-5-12-8-13(15)2-3-14(12)18/h2-3,5,7-10H,4,6,15H2,1H3. The van der Waals surface area contributed by atoms with E-state index in [1.807, 2.05) is 30.1 Å². The zero-order chi connectivity index (χ0) is 12.5. The molecule has 0 spiro atoms. The van der Waals surface area contributed by atoms with E-state index in [1.165, 1.54) is 16.5 Å². The van der Waals surface area contributed by atoms with Crippen molar-refractivity contribution in [3.8, 4) is 0 Å². The highest BCUT2D eigenvalue weighted by Gasteiger charge is 2.02. The molecular formula is C14H16N4. The third kappa shape index (κ3) is 1.97. The minimum absolute atomic E-state index is 0.813. The van der Waals surface area contributed by atoms with Crippen LogP contribution in [0.4, 0.5) is 5.69 Å². The van der Waals surface area contributed by atoms with Gasteiger partial charge in [-0.25, -0.2) is 0 Å². The average Bonchev–Trinajstić information content (AvgIpc) is 2.92. The SMILES string of the molecule is Cn1cc(CCn2ccc3cc(N)ccc32)cn1. The largest absolute Gasteiger partial charge is 0.399 e. The lowest BCUT2D eigenvalue weighted by Crippen LogP contribution is -1.99. The maximum Gasteiger partial charge on any atom is 0.0522 e. The Hall–Kier alpha value is -2.23. The number of nitrogens with zero attached hydrogens (tertiary/aromatic N) is 3. The van der Waals surface area contributed by atoms with E-state index >= 15 is 0 Å². The van der Waals surface area contributed by atoms with Gasteiger partial charge in [0.05, 0.1) is 6.20 Å². The van der Waals surface area contributed by atoms with Gasteiger partial charge < -0.3 is 10.3 Å². The number of hydrogen-bond donors (Lipinski definition) is 1. The maximum atomic E-state index is 5.78. The van der Waals surface area contributed by atoms with Gasteiger partial charge in [0.15, 0.2) is 0 Å². The van der Waals surface area contributed by atoms with Crippen molar-refractivity contribution in [3.63, 3.8) is 0 Å². The first-order valence-electron chi connectivity index (χ1n) is 6.04. The molecule has 0 bridgehead atoms. The van der Waals surface area contributed by atoms with Crippen molar-refractivity contribution in [2.75, 3.05) is 5.73 Å². The minimum Gasteiger partial charge on any atom is -0.399 e. The Kier molecular flexibility index (Phi) is 2.55. The predicted molar refractivity (Wildman–Crippen MR) is 73.3 cm³/mol. The average molecular weight is 240 g/mol. The number of hydrogen-bond acceptors (Lipinski definition) is 2. The van der Waals surface area contributed by atoms with Crippen LogP contribution in [0.5, 0.6) is 0 Å². The molecule has 0 unspecified atom stereocenters. The molecule has 2 heterocycles. The second-order valence-corrected chi connectivity index (χ2v) is 4.60. The molecule has 1 aromatic carbocycles.